The first-order valence-electron chi connectivity index (χ1n) is 5.25. The van der Waals surface area contributed by atoms with E-state index in [2.05, 4.69) is 27.8 Å². The van der Waals surface area contributed by atoms with Gasteiger partial charge in [0.25, 0.3) is 0 Å². The lowest BCUT2D eigenvalue weighted by Crippen LogP contribution is -2.23. The van der Waals surface area contributed by atoms with Crippen molar-refractivity contribution in [3.63, 3.8) is 0 Å². The Bertz CT molecular complexity index is 254. The van der Waals surface area contributed by atoms with Crippen LogP contribution in [0.25, 0.3) is 0 Å². The molecule has 1 aromatic heterocycles. The van der Waals surface area contributed by atoms with Gasteiger partial charge in [0.15, 0.2) is 0 Å². The Morgan fingerprint density at radius 3 is 3.00 bits per heavy atom. The predicted molar refractivity (Wildman–Crippen MR) is 56.9 cm³/mol. The molecule has 0 unspecified atom stereocenters. The molecule has 0 saturated carbocycles. The van der Waals surface area contributed by atoms with Crippen LogP contribution < -0.4 is 10.6 Å². The van der Waals surface area contributed by atoms with Crippen LogP contribution in [0.15, 0.2) is 24.5 Å². The summed E-state index contributed by atoms with van der Waals surface area (Å²) in [6.45, 7) is 4.43. The summed E-state index contributed by atoms with van der Waals surface area (Å²) in [5.41, 5.74) is 1.31. The second kappa shape index (κ2) is 5.08. The van der Waals surface area contributed by atoms with E-state index in [-0.39, 0.29) is 0 Å². The molecule has 1 fully saturated rings. The van der Waals surface area contributed by atoms with Gasteiger partial charge in [-0.3, -0.25) is 4.98 Å². The standard InChI is InChI=1S/C11H17N3/c1-4-12-5-2-10(1)7-14-9-11-3-6-13-8-11/h1-2,4-5,11,13-14H,3,6-9H2/t11-/m1/s1. The third-order valence-electron chi connectivity index (χ3n) is 2.67. The van der Waals surface area contributed by atoms with Crippen molar-refractivity contribution < 1.29 is 0 Å². The van der Waals surface area contributed by atoms with E-state index < -0.39 is 0 Å². The summed E-state index contributed by atoms with van der Waals surface area (Å²) < 4.78 is 0. The summed E-state index contributed by atoms with van der Waals surface area (Å²) in [6.07, 6.45) is 4.99. The Hall–Kier alpha value is -0.930. The molecule has 0 radical (unpaired) electrons. The van der Waals surface area contributed by atoms with Crippen LogP contribution in [-0.4, -0.2) is 24.6 Å². The molecule has 0 amide bonds. The highest BCUT2D eigenvalue weighted by Gasteiger charge is 2.12. The van der Waals surface area contributed by atoms with Gasteiger partial charge in [0, 0.05) is 18.9 Å². The molecule has 76 valence electrons. The van der Waals surface area contributed by atoms with Crippen LogP contribution in [0.4, 0.5) is 0 Å². The number of nitrogens with one attached hydrogen (secondary N) is 2. The molecular formula is C11H17N3. The average Bonchev–Trinajstić information content (AvgIpc) is 2.72. The zero-order chi connectivity index (χ0) is 9.64. The van der Waals surface area contributed by atoms with Gasteiger partial charge in [0.2, 0.25) is 0 Å². The van der Waals surface area contributed by atoms with Crippen molar-refractivity contribution in [2.24, 2.45) is 5.92 Å². The zero-order valence-electron chi connectivity index (χ0n) is 8.37. The summed E-state index contributed by atoms with van der Waals surface area (Å²) in [7, 11) is 0. The minimum absolute atomic E-state index is 0.817. The third-order valence-corrected chi connectivity index (χ3v) is 2.67. The number of hydrogen-bond acceptors (Lipinski definition) is 3. The molecule has 1 aliphatic rings. The molecule has 1 saturated heterocycles. The van der Waals surface area contributed by atoms with Crippen LogP contribution in [0.5, 0.6) is 0 Å². The van der Waals surface area contributed by atoms with Crippen molar-refractivity contribution >= 4 is 0 Å². The maximum absolute atomic E-state index is 3.99. The fourth-order valence-electron chi connectivity index (χ4n) is 1.81. The van der Waals surface area contributed by atoms with Gasteiger partial charge in [-0.05, 0) is 49.7 Å². The molecule has 1 aromatic rings. The van der Waals surface area contributed by atoms with Gasteiger partial charge in [-0.25, -0.2) is 0 Å². The maximum Gasteiger partial charge on any atom is 0.0271 e. The van der Waals surface area contributed by atoms with Crippen LogP contribution in [0, 0.1) is 5.92 Å². The quantitative estimate of drug-likeness (QED) is 0.738. The van der Waals surface area contributed by atoms with Crippen LogP contribution in [0.3, 0.4) is 0 Å². The average molecular weight is 191 g/mol. The lowest BCUT2D eigenvalue weighted by Gasteiger charge is -2.09. The van der Waals surface area contributed by atoms with E-state index in [1.54, 1.807) is 0 Å². The number of aromatic nitrogens is 1. The number of rotatable bonds is 4. The molecule has 2 rings (SSSR count). The molecule has 1 atom stereocenters. The molecule has 1 aliphatic heterocycles. The highest BCUT2D eigenvalue weighted by molar-refractivity contribution is 5.08. The van der Waals surface area contributed by atoms with Crippen molar-refractivity contribution in [1.82, 2.24) is 15.6 Å². The zero-order valence-corrected chi connectivity index (χ0v) is 8.37. The first-order valence-corrected chi connectivity index (χ1v) is 5.25. The van der Waals surface area contributed by atoms with Gasteiger partial charge >= 0.3 is 0 Å². The Kier molecular flexibility index (Phi) is 3.49. The lowest BCUT2D eigenvalue weighted by atomic mass is 10.1. The Labute approximate surface area is 84.9 Å². The fraction of sp³-hybridized carbons (Fsp3) is 0.545. The molecule has 0 aromatic carbocycles. The summed E-state index contributed by atoms with van der Waals surface area (Å²) in [5, 5.41) is 6.85. The van der Waals surface area contributed by atoms with Crippen molar-refractivity contribution in [1.29, 1.82) is 0 Å². The van der Waals surface area contributed by atoms with E-state index in [4.69, 9.17) is 0 Å². The van der Waals surface area contributed by atoms with E-state index in [9.17, 15) is 0 Å². The monoisotopic (exact) mass is 191 g/mol. The molecule has 0 bridgehead atoms. The predicted octanol–water partition coefficient (Wildman–Crippen LogP) is 0.781. The van der Waals surface area contributed by atoms with Gasteiger partial charge in [0.05, 0.1) is 0 Å². The van der Waals surface area contributed by atoms with Crippen LogP contribution in [-0.2, 0) is 6.54 Å². The van der Waals surface area contributed by atoms with Gasteiger partial charge < -0.3 is 10.6 Å². The van der Waals surface area contributed by atoms with Gasteiger partial charge in [-0.1, -0.05) is 0 Å². The summed E-state index contributed by atoms with van der Waals surface area (Å²) >= 11 is 0. The Morgan fingerprint density at radius 1 is 1.43 bits per heavy atom. The minimum atomic E-state index is 0.817. The van der Waals surface area contributed by atoms with Crippen LogP contribution >= 0.6 is 0 Å². The van der Waals surface area contributed by atoms with Crippen LogP contribution in [0.2, 0.25) is 0 Å². The van der Waals surface area contributed by atoms with E-state index >= 15 is 0 Å². The van der Waals surface area contributed by atoms with Crippen molar-refractivity contribution in [2.45, 2.75) is 13.0 Å². The minimum Gasteiger partial charge on any atom is -0.316 e. The fourth-order valence-corrected chi connectivity index (χ4v) is 1.81. The normalized spacial score (nSPS) is 21.3. The molecule has 0 aliphatic carbocycles. The van der Waals surface area contributed by atoms with E-state index in [0.717, 1.165) is 19.0 Å². The van der Waals surface area contributed by atoms with Gasteiger partial charge in [0.1, 0.15) is 0 Å². The lowest BCUT2D eigenvalue weighted by molar-refractivity contribution is 0.512. The molecule has 2 N–H and O–H groups in total. The van der Waals surface area contributed by atoms with Crippen molar-refractivity contribution in [2.75, 3.05) is 19.6 Å². The van der Waals surface area contributed by atoms with Gasteiger partial charge in [-0.15, -0.1) is 0 Å². The second-order valence-electron chi connectivity index (χ2n) is 3.85. The highest BCUT2D eigenvalue weighted by atomic mass is 14.9. The SMILES string of the molecule is c1cc(CNC[C@@H]2CCNC2)ccn1. The van der Waals surface area contributed by atoms with Gasteiger partial charge in [-0.2, -0.15) is 0 Å². The third kappa shape index (κ3) is 2.79. The maximum atomic E-state index is 3.99. The molecule has 3 heteroatoms. The van der Waals surface area contributed by atoms with E-state index in [0.29, 0.717) is 0 Å². The smallest absolute Gasteiger partial charge is 0.0271 e. The summed E-state index contributed by atoms with van der Waals surface area (Å²) in [6, 6.07) is 4.11. The molecule has 3 nitrogen and oxygen atoms in total. The largest absolute Gasteiger partial charge is 0.316 e. The van der Waals surface area contributed by atoms with E-state index in [1.807, 2.05) is 12.4 Å². The van der Waals surface area contributed by atoms with Crippen molar-refractivity contribution in [3.8, 4) is 0 Å². The number of nitrogens with zero attached hydrogens (tertiary/aromatic N) is 1. The Balaban J connectivity index is 1.67. The van der Waals surface area contributed by atoms with Crippen LogP contribution in [0.1, 0.15) is 12.0 Å². The molecule has 2 heterocycles. The summed E-state index contributed by atoms with van der Waals surface area (Å²) in [4.78, 5) is 3.99. The second-order valence-corrected chi connectivity index (χ2v) is 3.85. The summed E-state index contributed by atoms with van der Waals surface area (Å²) in [5.74, 6) is 0.817. The topological polar surface area (TPSA) is 37.0 Å². The Morgan fingerprint density at radius 2 is 2.29 bits per heavy atom. The first kappa shape index (κ1) is 9.62. The highest BCUT2D eigenvalue weighted by Crippen LogP contribution is 2.05. The van der Waals surface area contributed by atoms with Crippen molar-refractivity contribution in [3.05, 3.63) is 30.1 Å². The van der Waals surface area contributed by atoms with E-state index in [1.165, 1.54) is 25.1 Å². The first-order chi connectivity index (χ1) is 6.95. The molecule has 0 spiro atoms. The number of pyridine rings is 1. The molecule has 14 heavy (non-hydrogen) atoms. The number of hydrogen-bond donors (Lipinski definition) is 2. The molecular weight excluding hydrogens is 174 g/mol.